The first-order chi connectivity index (χ1) is 21.8. The number of aliphatic hydroxyl groups is 1. The van der Waals surface area contributed by atoms with E-state index in [4.69, 9.17) is 20.2 Å². The fourth-order valence-electron chi connectivity index (χ4n) is 5.90. The van der Waals surface area contributed by atoms with Crippen molar-refractivity contribution in [2.45, 2.75) is 32.2 Å². The molecule has 2 fully saturated rings. The zero-order valence-electron chi connectivity index (χ0n) is 25.1. The molecule has 2 aromatic heterocycles. The summed E-state index contributed by atoms with van der Waals surface area (Å²) in [5.41, 5.74) is 9.91. The quantitative estimate of drug-likeness (QED) is 0.241. The number of fused-ring (bicyclic) bond motifs is 1. The summed E-state index contributed by atoms with van der Waals surface area (Å²) in [6.07, 6.45) is 2.69. The lowest BCUT2D eigenvalue weighted by molar-refractivity contribution is 0.00634. The predicted octanol–water partition coefficient (Wildman–Crippen LogP) is 3.96. The standard InChI is InChI=1S/C33H37N7O5/c1-21-13-24(34)18-39(17-21)29-9-10-35-16-28(29)37-32(42)31-27(38-33(43)45-19-22-5-3-2-4-6-22)14-23-7-8-25(15-26(23)36-31)40-11-12-44-20-30(40)41/h2-10,14-16,21,24,30,41H,11-13,17-20,34H2,1H3,(H,37,42)(H,38,43). The average Bonchev–Trinajstić information content (AvgIpc) is 3.04. The number of nitrogens with one attached hydrogen (secondary N) is 2. The molecule has 234 valence electrons. The summed E-state index contributed by atoms with van der Waals surface area (Å²) in [4.78, 5) is 39.8. The number of hydrogen-bond donors (Lipinski definition) is 4. The Hall–Kier alpha value is -4.78. The highest BCUT2D eigenvalue weighted by molar-refractivity contribution is 6.11. The molecule has 3 atom stereocenters. The molecule has 4 aromatic rings. The molecule has 0 spiro atoms. The Bertz CT molecular complexity index is 1660. The fraction of sp³-hybridized carbons (Fsp3) is 0.333. The minimum absolute atomic E-state index is 0.00245. The highest BCUT2D eigenvalue weighted by Crippen LogP contribution is 2.31. The number of aliphatic hydroxyl groups excluding tert-OH is 1. The normalized spacial score (nSPS) is 20.1. The van der Waals surface area contributed by atoms with Crippen molar-refractivity contribution in [3.63, 3.8) is 0 Å². The number of carbonyl (C=O) groups excluding carboxylic acids is 2. The maximum atomic E-state index is 13.9. The number of hydrogen-bond acceptors (Lipinski definition) is 10. The first-order valence-electron chi connectivity index (χ1n) is 15.0. The molecule has 4 heterocycles. The molecule has 6 rings (SSSR count). The first-order valence-corrected chi connectivity index (χ1v) is 15.0. The number of piperidine rings is 1. The maximum Gasteiger partial charge on any atom is 0.412 e. The number of rotatable bonds is 7. The van der Waals surface area contributed by atoms with E-state index in [9.17, 15) is 14.7 Å². The predicted molar refractivity (Wildman–Crippen MR) is 172 cm³/mol. The van der Waals surface area contributed by atoms with Gasteiger partial charge in [0.15, 0.2) is 11.9 Å². The monoisotopic (exact) mass is 611 g/mol. The molecular formula is C33H37N7O5. The molecule has 0 radical (unpaired) electrons. The molecule has 2 aromatic carbocycles. The smallest absolute Gasteiger partial charge is 0.412 e. The van der Waals surface area contributed by atoms with E-state index in [0.29, 0.717) is 42.2 Å². The van der Waals surface area contributed by atoms with Crippen LogP contribution in [-0.2, 0) is 16.1 Å². The summed E-state index contributed by atoms with van der Waals surface area (Å²) in [6, 6.07) is 18.4. The van der Waals surface area contributed by atoms with Crippen LogP contribution in [0.3, 0.4) is 0 Å². The van der Waals surface area contributed by atoms with Crippen molar-refractivity contribution >= 4 is 45.7 Å². The van der Waals surface area contributed by atoms with E-state index in [1.54, 1.807) is 18.5 Å². The number of amides is 2. The van der Waals surface area contributed by atoms with E-state index < -0.39 is 18.2 Å². The van der Waals surface area contributed by atoms with E-state index >= 15 is 0 Å². The second-order valence-electron chi connectivity index (χ2n) is 11.6. The second kappa shape index (κ2) is 13.5. The molecule has 0 bridgehead atoms. The Kier molecular flexibility index (Phi) is 9.06. The van der Waals surface area contributed by atoms with Gasteiger partial charge in [-0.25, -0.2) is 9.78 Å². The third kappa shape index (κ3) is 7.14. The van der Waals surface area contributed by atoms with Gasteiger partial charge in [0.05, 0.1) is 42.0 Å². The number of aromatic nitrogens is 2. The maximum absolute atomic E-state index is 13.9. The van der Waals surface area contributed by atoms with E-state index in [0.717, 1.165) is 29.9 Å². The first kappa shape index (κ1) is 30.3. The number of anilines is 4. The van der Waals surface area contributed by atoms with Crippen LogP contribution in [0.1, 0.15) is 29.4 Å². The summed E-state index contributed by atoms with van der Waals surface area (Å²) in [5.74, 6) is -0.139. The van der Waals surface area contributed by atoms with Crippen molar-refractivity contribution in [1.82, 2.24) is 9.97 Å². The van der Waals surface area contributed by atoms with Gasteiger partial charge in [0.25, 0.3) is 5.91 Å². The van der Waals surface area contributed by atoms with Crippen LogP contribution in [0.4, 0.5) is 27.5 Å². The van der Waals surface area contributed by atoms with E-state index in [-0.39, 0.29) is 30.6 Å². The van der Waals surface area contributed by atoms with Gasteiger partial charge >= 0.3 is 6.09 Å². The van der Waals surface area contributed by atoms with Gasteiger partial charge in [-0.2, -0.15) is 0 Å². The summed E-state index contributed by atoms with van der Waals surface area (Å²) in [5, 5.41) is 16.9. The number of nitrogens with two attached hydrogens (primary N) is 1. The number of morpholine rings is 1. The molecule has 12 heteroatoms. The van der Waals surface area contributed by atoms with Crippen molar-refractivity contribution in [2.75, 3.05) is 53.3 Å². The zero-order valence-corrected chi connectivity index (χ0v) is 25.1. The Labute approximate surface area is 261 Å². The van der Waals surface area contributed by atoms with Crippen LogP contribution < -0.4 is 26.2 Å². The lowest BCUT2D eigenvalue weighted by atomic mass is 9.96. The molecule has 0 saturated carbocycles. The van der Waals surface area contributed by atoms with Gasteiger partial charge in [-0.1, -0.05) is 43.3 Å². The highest BCUT2D eigenvalue weighted by atomic mass is 16.5. The van der Waals surface area contributed by atoms with Gasteiger partial charge in [0, 0.05) is 42.9 Å². The molecule has 2 amide bonds. The van der Waals surface area contributed by atoms with Crippen molar-refractivity contribution in [3.8, 4) is 0 Å². The minimum atomic E-state index is -0.797. The van der Waals surface area contributed by atoms with Crippen molar-refractivity contribution in [2.24, 2.45) is 11.7 Å². The third-order valence-electron chi connectivity index (χ3n) is 7.98. The molecule has 5 N–H and O–H groups in total. The van der Waals surface area contributed by atoms with Crippen molar-refractivity contribution < 1.29 is 24.2 Å². The third-order valence-corrected chi connectivity index (χ3v) is 7.98. The number of ether oxygens (including phenoxy) is 2. The Morgan fingerprint density at radius 2 is 1.93 bits per heavy atom. The van der Waals surface area contributed by atoms with Crippen LogP contribution in [0.2, 0.25) is 0 Å². The van der Waals surface area contributed by atoms with Crippen LogP contribution in [0.5, 0.6) is 0 Å². The van der Waals surface area contributed by atoms with Crippen LogP contribution in [-0.4, -0.2) is 72.2 Å². The lowest BCUT2D eigenvalue weighted by Crippen LogP contribution is -2.46. The highest BCUT2D eigenvalue weighted by Gasteiger charge is 2.26. The zero-order chi connectivity index (χ0) is 31.3. The molecule has 12 nitrogen and oxygen atoms in total. The topological polar surface area (TPSA) is 155 Å². The van der Waals surface area contributed by atoms with Gasteiger partial charge in [0.2, 0.25) is 0 Å². The second-order valence-corrected chi connectivity index (χ2v) is 11.6. The number of nitrogens with zero attached hydrogens (tertiary/aromatic N) is 4. The summed E-state index contributed by atoms with van der Waals surface area (Å²) < 4.78 is 10.8. The fourth-order valence-corrected chi connectivity index (χ4v) is 5.90. The molecule has 0 aliphatic carbocycles. The molecule has 45 heavy (non-hydrogen) atoms. The molecule has 3 unspecified atom stereocenters. The van der Waals surface area contributed by atoms with E-state index in [1.807, 2.05) is 59.5 Å². The Morgan fingerprint density at radius 1 is 1.09 bits per heavy atom. The van der Waals surface area contributed by atoms with Gasteiger partial charge in [-0.15, -0.1) is 0 Å². The van der Waals surface area contributed by atoms with Gasteiger partial charge in [-0.3, -0.25) is 15.1 Å². The summed E-state index contributed by atoms with van der Waals surface area (Å²) in [7, 11) is 0. The van der Waals surface area contributed by atoms with E-state index in [2.05, 4.69) is 27.4 Å². The van der Waals surface area contributed by atoms with Crippen LogP contribution in [0, 0.1) is 5.92 Å². The summed E-state index contributed by atoms with van der Waals surface area (Å²) in [6.45, 7) is 4.86. The number of benzene rings is 2. The number of carbonyl (C=O) groups is 2. The molecule has 2 saturated heterocycles. The van der Waals surface area contributed by atoms with Crippen molar-refractivity contribution in [1.29, 1.82) is 0 Å². The van der Waals surface area contributed by atoms with Gasteiger partial charge in [0.1, 0.15) is 6.61 Å². The van der Waals surface area contributed by atoms with Crippen molar-refractivity contribution in [3.05, 3.63) is 84.3 Å². The summed E-state index contributed by atoms with van der Waals surface area (Å²) >= 11 is 0. The largest absolute Gasteiger partial charge is 0.444 e. The van der Waals surface area contributed by atoms with Crippen LogP contribution >= 0.6 is 0 Å². The molecule has 2 aliphatic rings. The minimum Gasteiger partial charge on any atom is -0.444 e. The Morgan fingerprint density at radius 3 is 2.73 bits per heavy atom. The number of pyridine rings is 2. The molecular weight excluding hydrogens is 574 g/mol. The van der Waals surface area contributed by atoms with Crippen LogP contribution in [0.15, 0.2) is 73.1 Å². The average molecular weight is 612 g/mol. The Balaban J connectivity index is 1.31. The SMILES string of the molecule is CC1CC(N)CN(c2ccncc2NC(=O)c2nc3cc(N4CCOCC4O)ccc3cc2NC(=O)OCc2ccccc2)C1. The van der Waals surface area contributed by atoms with Gasteiger partial charge in [-0.05, 0) is 42.2 Å². The van der Waals surface area contributed by atoms with Crippen LogP contribution in [0.25, 0.3) is 10.9 Å². The molecule has 2 aliphatic heterocycles. The van der Waals surface area contributed by atoms with Gasteiger partial charge < -0.3 is 35.4 Å². The lowest BCUT2D eigenvalue weighted by Gasteiger charge is -2.37. The van der Waals surface area contributed by atoms with E-state index in [1.165, 1.54) is 0 Å².